The zero-order valence-electron chi connectivity index (χ0n) is 13.5. The lowest BCUT2D eigenvalue weighted by Crippen LogP contribution is -2.39. The topological polar surface area (TPSA) is 61.9 Å². The van der Waals surface area contributed by atoms with E-state index in [1.807, 2.05) is 23.1 Å². The van der Waals surface area contributed by atoms with Crippen molar-refractivity contribution >= 4 is 16.9 Å². The van der Waals surface area contributed by atoms with E-state index in [2.05, 4.69) is 21.0 Å². The van der Waals surface area contributed by atoms with Crippen LogP contribution in [0.4, 0.5) is 0 Å². The van der Waals surface area contributed by atoms with Crippen molar-refractivity contribution in [2.45, 2.75) is 19.3 Å². The number of nitrogens with one attached hydrogen (secondary N) is 1. The fourth-order valence-corrected chi connectivity index (χ4v) is 3.39. The molecule has 1 amide bonds. The van der Waals surface area contributed by atoms with E-state index in [-0.39, 0.29) is 5.91 Å². The van der Waals surface area contributed by atoms with Crippen molar-refractivity contribution in [1.82, 2.24) is 19.9 Å². The highest BCUT2D eigenvalue weighted by molar-refractivity contribution is 5.94. The van der Waals surface area contributed by atoms with Crippen molar-refractivity contribution in [3.05, 3.63) is 60.2 Å². The molecule has 0 saturated carbocycles. The van der Waals surface area contributed by atoms with Gasteiger partial charge in [-0.25, -0.2) is 4.98 Å². The summed E-state index contributed by atoms with van der Waals surface area (Å²) >= 11 is 0. The number of imidazole rings is 1. The molecule has 5 heteroatoms. The summed E-state index contributed by atoms with van der Waals surface area (Å²) in [5, 5.41) is 0. The third-order valence-electron chi connectivity index (χ3n) is 4.75. The highest BCUT2D eigenvalue weighted by atomic mass is 16.2. The number of para-hydroxylation sites is 2. The minimum Gasteiger partial charge on any atom is -0.342 e. The molecule has 1 N–H and O–H groups in total. The van der Waals surface area contributed by atoms with Gasteiger partial charge in [0.1, 0.15) is 5.82 Å². The van der Waals surface area contributed by atoms with Crippen molar-refractivity contribution in [2.75, 3.05) is 13.1 Å². The first kappa shape index (κ1) is 14.9. The number of likely N-dealkylation sites (tertiary alicyclic amines) is 1. The number of piperidine rings is 1. The first-order chi connectivity index (χ1) is 11.8. The number of benzene rings is 1. The Kier molecular flexibility index (Phi) is 3.99. The van der Waals surface area contributed by atoms with Gasteiger partial charge in [-0.15, -0.1) is 0 Å². The zero-order valence-corrected chi connectivity index (χ0v) is 13.5. The summed E-state index contributed by atoms with van der Waals surface area (Å²) in [6.07, 6.45) is 6.33. The van der Waals surface area contributed by atoms with Gasteiger partial charge < -0.3 is 9.88 Å². The first-order valence-corrected chi connectivity index (χ1v) is 8.42. The number of fused-ring (bicyclic) bond motifs is 1. The van der Waals surface area contributed by atoms with E-state index in [4.69, 9.17) is 0 Å². The van der Waals surface area contributed by atoms with Crippen LogP contribution in [0.1, 0.15) is 29.0 Å². The van der Waals surface area contributed by atoms with Gasteiger partial charge in [0, 0.05) is 37.5 Å². The van der Waals surface area contributed by atoms with Crippen molar-refractivity contribution in [1.29, 1.82) is 0 Å². The number of aromatic nitrogens is 3. The largest absolute Gasteiger partial charge is 0.342 e. The first-order valence-electron chi connectivity index (χ1n) is 8.42. The van der Waals surface area contributed by atoms with Crippen LogP contribution in [0.15, 0.2) is 48.8 Å². The Balaban J connectivity index is 1.37. The van der Waals surface area contributed by atoms with Gasteiger partial charge in [-0.3, -0.25) is 9.78 Å². The van der Waals surface area contributed by atoms with Gasteiger partial charge in [-0.2, -0.15) is 0 Å². The Bertz CT molecular complexity index is 802. The van der Waals surface area contributed by atoms with Crippen LogP contribution in [0.25, 0.3) is 11.0 Å². The molecule has 3 heterocycles. The lowest BCUT2D eigenvalue weighted by molar-refractivity contribution is 0.0690. The number of aromatic amines is 1. The maximum absolute atomic E-state index is 12.5. The molecule has 3 aromatic rings. The number of hydrogen-bond donors (Lipinski definition) is 1. The molecule has 2 aromatic heterocycles. The molecule has 0 aliphatic carbocycles. The van der Waals surface area contributed by atoms with Crippen molar-refractivity contribution in [2.24, 2.45) is 5.92 Å². The zero-order chi connectivity index (χ0) is 16.4. The average Bonchev–Trinajstić information content (AvgIpc) is 3.05. The normalized spacial score (nSPS) is 15.8. The third kappa shape index (κ3) is 3.02. The smallest absolute Gasteiger partial charge is 0.253 e. The highest BCUT2D eigenvalue weighted by Gasteiger charge is 2.24. The second-order valence-corrected chi connectivity index (χ2v) is 6.38. The van der Waals surface area contributed by atoms with Gasteiger partial charge in [0.15, 0.2) is 0 Å². The maximum atomic E-state index is 12.5. The molecular formula is C19H20N4O. The minimum absolute atomic E-state index is 0.111. The number of pyridine rings is 1. The molecular weight excluding hydrogens is 300 g/mol. The molecule has 122 valence electrons. The van der Waals surface area contributed by atoms with Crippen LogP contribution in [-0.2, 0) is 6.42 Å². The number of carbonyl (C=O) groups excluding carboxylic acids is 1. The molecule has 1 fully saturated rings. The number of rotatable bonds is 3. The fourth-order valence-electron chi connectivity index (χ4n) is 3.39. The molecule has 24 heavy (non-hydrogen) atoms. The lowest BCUT2D eigenvalue weighted by Gasteiger charge is -2.31. The van der Waals surface area contributed by atoms with Crippen LogP contribution in [0.3, 0.4) is 0 Å². The summed E-state index contributed by atoms with van der Waals surface area (Å²) in [5.74, 6) is 1.74. The predicted octanol–water partition coefficient (Wildman–Crippen LogP) is 3.05. The maximum Gasteiger partial charge on any atom is 0.253 e. The summed E-state index contributed by atoms with van der Waals surface area (Å²) < 4.78 is 0. The predicted molar refractivity (Wildman–Crippen MR) is 92.7 cm³/mol. The van der Waals surface area contributed by atoms with E-state index in [1.54, 1.807) is 24.5 Å². The molecule has 0 unspecified atom stereocenters. The van der Waals surface area contributed by atoms with Crippen LogP contribution >= 0.6 is 0 Å². The van der Waals surface area contributed by atoms with Gasteiger partial charge in [-0.05, 0) is 43.0 Å². The number of nitrogens with zero attached hydrogens (tertiary/aromatic N) is 3. The second-order valence-electron chi connectivity index (χ2n) is 6.38. The number of H-pyrrole nitrogens is 1. The van der Waals surface area contributed by atoms with Crippen LogP contribution in [0, 0.1) is 5.92 Å². The van der Waals surface area contributed by atoms with Gasteiger partial charge in [-0.1, -0.05) is 12.1 Å². The highest BCUT2D eigenvalue weighted by Crippen LogP contribution is 2.23. The second kappa shape index (κ2) is 6.43. The standard InChI is InChI=1S/C19H20N4O/c24-19(15-5-9-20-10-6-15)23-11-7-14(8-12-23)13-18-21-16-3-1-2-4-17(16)22-18/h1-6,9-10,14H,7-8,11-13H2,(H,21,22). The fraction of sp³-hybridized carbons (Fsp3) is 0.316. The summed E-state index contributed by atoms with van der Waals surface area (Å²) in [7, 11) is 0. The summed E-state index contributed by atoms with van der Waals surface area (Å²) in [4.78, 5) is 26.4. The van der Waals surface area contributed by atoms with Gasteiger partial charge in [0.25, 0.3) is 5.91 Å². The average molecular weight is 320 g/mol. The van der Waals surface area contributed by atoms with E-state index < -0.39 is 0 Å². The molecule has 1 aromatic carbocycles. The molecule has 0 bridgehead atoms. The molecule has 0 atom stereocenters. The Morgan fingerprint density at radius 3 is 2.62 bits per heavy atom. The number of hydrogen-bond acceptors (Lipinski definition) is 3. The number of amides is 1. The van der Waals surface area contributed by atoms with Crippen LogP contribution in [-0.4, -0.2) is 38.8 Å². The Hall–Kier alpha value is -2.69. The van der Waals surface area contributed by atoms with E-state index in [0.717, 1.165) is 54.8 Å². The van der Waals surface area contributed by atoms with E-state index >= 15 is 0 Å². The van der Waals surface area contributed by atoms with E-state index in [1.165, 1.54) is 0 Å². The van der Waals surface area contributed by atoms with E-state index in [0.29, 0.717) is 5.92 Å². The molecule has 1 saturated heterocycles. The van der Waals surface area contributed by atoms with E-state index in [9.17, 15) is 4.79 Å². The Morgan fingerprint density at radius 2 is 1.88 bits per heavy atom. The summed E-state index contributed by atoms with van der Waals surface area (Å²) in [5.41, 5.74) is 2.84. The van der Waals surface area contributed by atoms with Crippen molar-refractivity contribution in [3.8, 4) is 0 Å². The molecule has 5 nitrogen and oxygen atoms in total. The molecule has 0 spiro atoms. The minimum atomic E-state index is 0.111. The summed E-state index contributed by atoms with van der Waals surface area (Å²) in [6, 6.07) is 11.7. The van der Waals surface area contributed by atoms with Gasteiger partial charge >= 0.3 is 0 Å². The van der Waals surface area contributed by atoms with Gasteiger partial charge in [0.05, 0.1) is 11.0 Å². The Labute approximate surface area is 140 Å². The summed E-state index contributed by atoms with van der Waals surface area (Å²) in [6.45, 7) is 1.62. The SMILES string of the molecule is O=C(c1ccncc1)N1CCC(Cc2nc3ccccc3[nH]2)CC1. The Morgan fingerprint density at radius 1 is 1.12 bits per heavy atom. The number of carbonyl (C=O) groups is 1. The monoisotopic (exact) mass is 320 g/mol. The molecule has 4 rings (SSSR count). The molecule has 0 radical (unpaired) electrons. The molecule has 1 aliphatic heterocycles. The van der Waals surface area contributed by atoms with Crippen LogP contribution in [0.5, 0.6) is 0 Å². The third-order valence-corrected chi connectivity index (χ3v) is 4.75. The molecule has 1 aliphatic rings. The van der Waals surface area contributed by atoms with Crippen LogP contribution in [0.2, 0.25) is 0 Å². The lowest BCUT2D eigenvalue weighted by atomic mass is 9.93. The quantitative estimate of drug-likeness (QED) is 0.807. The van der Waals surface area contributed by atoms with Crippen LogP contribution < -0.4 is 0 Å². The van der Waals surface area contributed by atoms with Crippen molar-refractivity contribution in [3.63, 3.8) is 0 Å². The van der Waals surface area contributed by atoms with Gasteiger partial charge in [0.2, 0.25) is 0 Å². The van der Waals surface area contributed by atoms with Crippen molar-refractivity contribution < 1.29 is 4.79 Å².